The summed E-state index contributed by atoms with van der Waals surface area (Å²) in [6.45, 7) is 12.1. The monoisotopic (exact) mass is 357 g/mol. The molecule has 0 atom stereocenters. The number of carbonyl (C=O) groups excluding carboxylic acids is 2. The lowest BCUT2D eigenvalue weighted by molar-refractivity contribution is -0.135. The van der Waals surface area contributed by atoms with Gasteiger partial charge in [0.2, 0.25) is 5.91 Å². The lowest BCUT2D eigenvalue weighted by Gasteiger charge is -2.35. The Morgan fingerprint density at radius 3 is 2.23 bits per heavy atom. The van der Waals surface area contributed by atoms with Gasteiger partial charge in [-0.15, -0.1) is 0 Å². The number of nitrogens with zero attached hydrogens (tertiary/aromatic N) is 5. The first-order valence-electron chi connectivity index (χ1n) is 9.22. The quantitative estimate of drug-likeness (QED) is 0.845. The van der Waals surface area contributed by atoms with Gasteiger partial charge in [0.25, 0.3) is 5.91 Å². The van der Waals surface area contributed by atoms with Crippen LogP contribution in [0, 0.1) is 12.8 Å². The van der Waals surface area contributed by atoms with Gasteiger partial charge in [0, 0.05) is 43.5 Å². The standard InChI is InChI=1S/C19H27N5O2/c1-12(2)18(25)22-6-8-23(9-7-22)19(26)16-10-15-11-20-24(13(3)4)17(15)21-14(16)5/h10-13H,6-9H2,1-5H3. The fourth-order valence-corrected chi connectivity index (χ4v) is 3.33. The Labute approximate surface area is 154 Å². The van der Waals surface area contributed by atoms with Crippen LogP contribution in [0.25, 0.3) is 11.0 Å². The second-order valence-electron chi connectivity index (χ2n) is 7.49. The fraction of sp³-hybridized carbons (Fsp3) is 0.579. The zero-order chi connectivity index (χ0) is 19.0. The third-order valence-electron chi connectivity index (χ3n) is 4.85. The molecule has 2 aromatic rings. The van der Waals surface area contributed by atoms with Crippen molar-refractivity contribution in [1.82, 2.24) is 24.6 Å². The number of carbonyl (C=O) groups is 2. The van der Waals surface area contributed by atoms with Gasteiger partial charge in [0.15, 0.2) is 5.65 Å². The summed E-state index contributed by atoms with van der Waals surface area (Å²) in [6, 6.07) is 2.10. The summed E-state index contributed by atoms with van der Waals surface area (Å²) in [6.07, 6.45) is 1.76. The summed E-state index contributed by atoms with van der Waals surface area (Å²) in [5.41, 5.74) is 2.14. The van der Waals surface area contributed by atoms with Gasteiger partial charge in [-0.1, -0.05) is 13.8 Å². The Morgan fingerprint density at radius 2 is 1.65 bits per heavy atom. The van der Waals surface area contributed by atoms with E-state index in [9.17, 15) is 9.59 Å². The van der Waals surface area contributed by atoms with Crippen molar-refractivity contribution in [1.29, 1.82) is 0 Å². The van der Waals surface area contributed by atoms with Crippen molar-refractivity contribution >= 4 is 22.8 Å². The highest BCUT2D eigenvalue weighted by Gasteiger charge is 2.27. The van der Waals surface area contributed by atoms with E-state index in [1.807, 2.05) is 41.3 Å². The SMILES string of the molecule is Cc1nc2c(cnn2C(C)C)cc1C(=O)N1CCN(C(=O)C(C)C)CC1. The molecule has 1 fully saturated rings. The van der Waals surface area contributed by atoms with E-state index in [1.165, 1.54) is 0 Å². The first-order chi connectivity index (χ1) is 12.3. The van der Waals surface area contributed by atoms with Gasteiger partial charge in [-0.2, -0.15) is 5.10 Å². The Morgan fingerprint density at radius 1 is 1.04 bits per heavy atom. The molecular formula is C19H27N5O2. The topological polar surface area (TPSA) is 71.3 Å². The van der Waals surface area contributed by atoms with Crippen LogP contribution in [0.3, 0.4) is 0 Å². The van der Waals surface area contributed by atoms with Crippen LogP contribution in [0.4, 0.5) is 0 Å². The fourth-order valence-electron chi connectivity index (χ4n) is 3.33. The molecule has 140 valence electrons. The molecule has 7 nitrogen and oxygen atoms in total. The number of aromatic nitrogens is 3. The highest BCUT2D eigenvalue weighted by Crippen LogP contribution is 2.21. The average molecular weight is 357 g/mol. The smallest absolute Gasteiger partial charge is 0.255 e. The number of piperazine rings is 1. The second-order valence-corrected chi connectivity index (χ2v) is 7.49. The molecule has 0 aromatic carbocycles. The summed E-state index contributed by atoms with van der Waals surface area (Å²) < 4.78 is 1.87. The Kier molecular flexibility index (Phi) is 4.98. The van der Waals surface area contributed by atoms with Crippen molar-refractivity contribution < 1.29 is 9.59 Å². The molecule has 7 heteroatoms. The first kappa shape index (κ1) is 18.4. The Bertz CT molecular complexity index is 832. The van der Waals surface area contributed by atoms with Gasteiger partial charge >= 0.3 is 0 Å². The van der Waals surface area contributed by atoms with Crippen LogP contribution in [-0.2, 0) is 4.79 Å². The molecule has 0 bridgehead atoms. The molecule has 0 unspecified atom stereocenters. The van der Waals surface area contributed by atoms with Crippen LogP contribution >= 0.6 is 0 Å². The van der Waals surface area contributed by atoms with Crippen molar-refractivity contribution in [2.24, 2.45) is 5.92 Å². The zero-order valence-corrected chi connectivity index (χ0v) is 16.2. The van der Waals surface area contributed by atoms with Gasteiger partial charge in [-0.05, 0) is 26.8 Å². The molecule has 0 aliphatic carbocycles. The molecule has 3 rings (SSSR count). The van der Waals surface area contributed by atoms with Gasteiger partial charge in [0.05, 0.1) is 17.5 Å². The van der Waals surface area contributed by atoms with Crippen molar-refractivity contribution in [2.75, 3.05) is 26.2 Å². The minimum Gasteiger partial charge on any atom is -0.339 e. The molecular weight excluding hydrogens is 330 g/mol. The first-order valence-corrected chi connectivity index (χ1v) is 9.22. The van der Waals surface area contributed by atoms with Gasteiger partial charge in [-0.3, -0.25) is 9.59 Å². The molecule has 26 heavy (non-hydrogen) atoms. The maximum absolute atomic E-state index is 13.0. The van der Waals surface area contributed by atoms with Gasteiger partial charge in [0.1, 0.15) is 0 Å². The molecule has 2 amide bonds. The third-order valence-corrected chi connectivity index (χ3v) is 4.85. The van der Waals surface area contributed by atoms with Crippen LogP contribution in [0.1, 0.15) is 49.8 Å². The van der Waals surface area contributed by atoms with Crippen molar-refractivity contribution in [3.05, 3.63) is 23.5 Å². The largest absolute Gasteiger partial charge is 0.339 e. The van der Waals surface area contributed by atoms with E-state index in [2.05, 4.69) is 23.9 Å². The Balaban J connectivity index is 1.78. The summed E-state index contributed by atoms with van der Waals surface area (Å²) in [7, 11) is 0. The average Bonchev–Trinajstić information content (AvgIpc) is 3.02. The summed E-state index contributed by atoms with van der Waals surface area (Å²) in [4.78, 5) is 33.4. The third kappa shape index (κ3) is 3.30. The molecule has 1 saturated heterocycles. The summed E-state index contributed by atoms with van der Waals surface area (Å²) in [5, 5.41) is 5.26. The number of hydrogen-bond donors (Lipinski definition) is 0. The molecule has 0 spiro atoms. The number of hydrogen-bond acceptors (Lipinski definition) is 4. The highest BCUT2D eigenvalue weighted by atomic mass is 16.2. The van der Waals surface area contributed by atoms with E-state index < -0.39 is 0 Å². The maximum atomic E-state index is 13.0. The predicted octanol–water partition coefficient (Wildman–Crippen LogP) is 2.26. The van der Waals surface area contributed by atoms with Crippen molar-refractivity contribution in [3.63, 3.8) is 0 Å². The van der Waals surface area contributed by atoms with Gasteiger partial charge in [-0.25, -0.2) is 9.67 Å². The molecule has 0 N–H and O–H groups in total. The molecule has 1 aliphatic heterocycles. The normalized spacial score (nSPS) is 15.3. The molecule has 1 aliphatic rings. The van der Waals surface area contributed by atoms with E-state index in [-0.39, 0.29) is 23.8 Å². The van der Waals surface area contributed by atoms with Gasteiger partial charge < -0.3 is 9.80 Å². The summed E-state index contributed by atoms with van der Waals surface area (Å²) in [5.74, 6) is 0.118. The van der Waals surface area contributed by atoms with E-state index in [0.29, 0.717) is 37.4 Å². The number of rotatable bonds is 3. The maximum Gasteiger partial charge on any atom is 0.255 e. The molecule has 0 radical (unpaired) electrons. The number of pyridine rings is 1. The zero-order valence-electron chi connectivity index (χ0n) is 16.2. The molecule has 0 saturated carbocycles. The van der Waals surface area contributed by atoms with E-state index in [4.69, 9.17) is 0 Å². The number of aryl methyl sites for hydroxylation is 1. The van der Waals surface area contributed by atoms with Crippen LogP contribution in [0.2, 0.25) is 0 Å². The van der Waals surface area contributed by atoms with Crippen LogP contribution < -0.4 is 0 Å². The van der Waals surface area contributed by atoms with Crippen LogP contribution in [0.5, 0.6) is 0 Å². The highest BCUT2D eigenvalue weighted by molar-refractivity contribution is 5.98. The van der Waals surface area contributed by atoms with Crippen molar-refractivity contribution in [3.8, 4) is 0 Å². The lowest BCUT2D eigenvalue weighted by atomic mass is 10.1. The number of fused-ring (bicyclic) bond motifs is 1. The van der Waals surface area contributed by atoms with Crippen LogP contribution in [0.15, 0.2) is 12.3 Å². The second kappa shape index (κ2) is 7.05. The molecule has 2 aromatic heterocycles. The Hall–Kier alpha value is -2.44. The van der Waals surface area contributed by atoms with E-state index in [0.717, 1.165) is 11.0 Å². The van der Waals surface area contributed by atoms with Crippen LogP contribution in [-0.4, -0.2) is 62.6 Å². The summed E-state index contributed by atoms with van der Waals surface area (Å²) >= 11 is 0. The predicted molar refractivity (Wildman–Crippen MR) is 100.0 cm³/mol. The molecule has 3 heterocycles. The minimum absolute atomic E-state index is 0.0106. The minimum atomic E-state index is -0.0224. The number of amides is 2. The van der Waals surface area contributed by atoms with E-state index in [1.54, 1.807) is 6.20 Å². The van der Waals surface area contributed by atoms with E-state index >= 15 is 0 Å². The van der Waals surface area contributed by atoms with Crippen molar-refractivity contribution in [2.45, 2.75) is 40.7 Å². The lowest BCUT2D eigenvalue weighted by Crippen LogP contribution is -2.51.